The zero-order valence-corrected chi connectivity index (χ0v) is 8.82. The van der Waals surface area contributed by atoms with Crippen LogP contribution in [-0.4, -0.2) is 9.38 Å². The van der Waals surface area contributed by atoms with E-state index in [4.69, 9.17) is 5.73 Å². The van der Waals surface area contributed by atoms with Gasteiger partial charge in [0.05, 0.1) is 17.8 Å². The molecular weight excluding hydrogens is 230 g/mol. The maximum atomic E-state index is 5.78. The molecule has 68 valence electrons. The summed E-state index contributed by atoms with van der Waals surface area (Å²) in [6, 6.07) is 3.91. The summed E-state index contributed by atoms with van der Waals surface area (Å²) in [6.07, 6.45) is 3.79. The van der Waals surface area contributed by atoms with Gasteiger partial charge in [0.15, 0.2) is 0 Å². The van der Waals surface area contributed by atoms with Crippen LogP contribution >= 0.6 is 15.9 Å². The van der Waals surface area contributed by atoms with Crippen LogP contribution in [0.5, 0.6) is 0 Å². The highest BCUT2D eigenvalue weighted by atomic mass is 79.9. The van der Waals surface area contributed by atoms with Gasteiger partial charge in [-0.25, -0.2) is 4.98 Å². The Hall–Kier alpha value is -0.870. The Kier molecular flexibility index (Phi) is 2.09. The number of nitrogens with zero attached hydrogens (tertiary/aromatic N) is 2. The van der Waals surface area contributed by atoms with Crippen LogP contribution in [0.1, 0.15) is 18.8 Å². The first-order valence-electron chi connectivity index (χ1n) is 4.07. The average Bonchev–Trinajstić information content (AvgIpc) is 2.48. The fourth-order valence-electron chi connectivity index (χ4n) is 1.34. The van der Waals surface area contributed by atoms with Crippen molar-refractivity contribution in [3.8, 4) is 0 Å². The van der Waals surface area contributed by atoms with Crippen molar-refractivity contribution < 1.29 is 0 Å². The smallest absolute Gasteiger partial charge is 0.129 e. The molecule has 4 heteroatoms. The van der Waals surface area contributed by atoms with E-state index in [-0.39, 0.29) is 6.04 Å². The first-order chi connectivity index (χ1) is 6.20. The van der Waals surface area contributed by atoms with Crippen molar-refractivity contribution in [3.05, 3.63) is 34.8 Å². The van der Waals surface area contributed by atoms with Crippen molar-refractivity contribution in [2.24, 2.45) is 5.73 Å². The van der Waals surface area contributed by atoms with Crippen LogP contribution in [0.25, 0.3) is 5.52 Å². The van der Waals surface area contributed by atoms with Gasteiger partial charge in [-0.3, -0.25) is 0 Å². The largest absolute Gasteiger partial charge is 0.322 e. The van der Waals surface area contributed by atoms with E-state index in [1.807, 2.05) is 35.9 Å². The van der Waals surface area contributed by atoms with Gasteiger partial charge in [-0.05, 0) is 35.0 Å². The molecule has 0 bridgehead atoms. The van der Waals surface area contributed by atoms with Gasteiger partial charge in [0.25, 0.3) is 0 Å². The lowest BCUT2D eigenvalue weighted by atomic mass is 10.3. The predicted molar refractivity (Wildman–Crippen MR) is 55.5 cm³/mol. The quantitative estimate of drug-likeness (QED) is 0.829. The van der Waals surface area contributed by atoms with E-state index in [2.05, 4.69) is 20.9 Å². The topological polar surface area (TPSA) is 43.3 Å². The third-order valence-electron chi connectivity index (χ3n) is 1.96. The second-order valence-corrected chi connectivity index (χ2v) is 3.87. The van der Waals surface area contributed by atoms with E-state index in [0.29, 0.717) is 0 Å². The highest BCUT2D eigenvalue weighted by Gasteiger charge is 2.08. The van der Waals surface area contributed by atoms with E-state index in [1.54, 1.807) is 0 Å². The number of pyridine rings is 1. The summed E-state index contributed by atoms with van der Waals surface area (Å²) in [5.74, 6) is 0.885. The molecule has 2 heterocycles. The molecule has 2 aromatic heterocycles. The highest BCUT2D eigenvalue weighted by molar-refractivity contribution is 9.10. The van der Waals surface area contributed by atoms with Crippen LogP contribution in [0.4, 0.5) is 0 Å². The van der Waals surface area contributed by atoms with Crippen LogP contribution in [0, 0.1) is 0 Å². The molecule has 0 aliphatic carbocycles. The minimum Gasteiger partial charge on any atom is -0.322 e. The van der Waals surface area contributed by atoms with Gasteiger partial charge in [-0.1, -0.05) is 0 Å². The Morgan fingerprint density at radius 3 is 3.08 bits per heavy atom. The molecule has 1 atom stereocenters. The second kappa shape index (κ2) is 3.12. The van der Waals surface area contributed by atoms with Crippen LogP contribution in [0.2, 0.25) is 0 Å². The van der Waals surface area contributed by atoms with Gasteiger partial charge in [0, 0.05) is 10.7 Å². The lowest BCUT2D eigenvalue weighted by Gasteiger charge is -2.04. The number of nitrogens with two attached hydrogens (primary N) is 1. The van der Waals surface area contributed by atoms with E-state index in [1.165, 1.54) is 0 Å². The molecule has 0 fully saturated rings. The number of hydrogen-bond acceptors (Lipinski definition) is 2. The zero-order chi connectivity index (χ0) is 9.42. The van der Waals surface area contributed by atoms with Crippen molar-refractivity contribution in [1.82, 2.24) is 9.38 Å². The molecule has 2 rings (SSSR count). The maximum absolute atomic E-state index is 5.78. The van der Waals surface area contributed by atoms with Crippen LogP contribution in [0.3, 0.4) is 0 Å². The van der Waals surface area contributed by atoms with Crippen LogP contribution < -0.4 is 5.73 Å². The summed E-state index contributed by atoms with van der Waals surface area (Å²) >= 11 is 3.46. The normalized spacial score (nSPS) is 13.5. The molecular formula is C9H10BrN3. The molecule has 0 spiro atoms. The molecule has 0 saturated heterocycles. The molecule has 2 N–H and O–H groups in total. The number of aromatic nitrogens is 2. The van der Waals surface area contributed by atoms with E-state index < -0.39 is 0 Å². The molecule has 0 unspecified atom stereocenters. The summed E-state index contributed by atoms with van der Waals surface area (Å²) in [5, 5.41) is 0. The minimum atomic E-state index is -0.0446. The Morgan fingerprint density at radius 2 is 2.38 bits per heavy atom. The lowest BCUT2D eigenvalue weighted by molar-refractivity contribution is 0.735. The maximum Gasteiger partial charge on any atom is 0.129 e. The molecule has 0 aliphatic rings. The standard InChI is InChI=1S/C9H10BrN3/c1-6(11)9-12-5-8-7(10)3-2-4-13(8)9/h2-6H,11H2,1H3/t6-/m0/s1. The Labute approximate surface area is 84.7 Å². The molecule has 0 aliphatic heterocycles. The van der Waals surface area contributed by atoms with E-state index in [9.17, 15) is 0 Å². The highest BCUT2D eigenvalue weighted by Crippen LogP contribution is 2.20. The monoisotopic (exact) mass is 239 g/mol. The second-order valence-electron chi connectivity index (χ2n) is 3.02. The summed E-state index contributed by atoms with van der Waals surface area (Å²) < 4.78 is 3.03. The lowest BCUT2D eigenvalue weighted by Crippen LogP contribution is -2.09. The molecule has 2 aromatic rings. The average molecular weight is 240 g/mol. The first-order valence-corrected chi connectivity index (χ1v) is 4.86. The molecule has 0 aromatic carbocycles. The van der Waals surface area contributed by atoms with Gasteiger partial charge in [0.2, 0.25) is 0 Å². The van der Waals surface area contributed by atoms with Crippen molar-refractivity contribution >= 4 is 21.4 Å². The van der Waals surface area contributed by atoms with Crippen molar-refractivity contribution in [3.63, 3.8) is 0 Å². The Bertz CT molecular complexity index is 433. The molecule has 0 saturated carbocycles. The fraction of sp³-hybridized carbons (Fsp3) is 0.222. The third kappa shape index (κ3) is 1.36. The number of hydrogen-bond donors (Lipinski definition) is 1. The van der Waals surface area contributed by atoms with Crippen molar-refractivity contribution in [2.75, 3.05) is 0 Å². The number of imidazole rings is 1. The van der Waals surface area contributed by atoms with Gasteiger partial charge < -0.3 is 10.1 Å². The SMILES string of the molecule is C[C@H](N)c1ncc2c(Br)cccn12. The van der Waals surface area contributed by atoms with Crippen molar-refractivity contribution in [1.29, 1.82) is 0 Å². The van der Waals surface area contributed by atoms with E-state index in [0.717, 1.165) is 15.8 Å². The zero-order valence-electron chi connectivity index (χ0n) is 7.24. The summed E-state index contributed by atoms with van der Waals surface area (Å²) in [4.78, 5) is 4.26. The van der Waals surface area contributed by atoms with Gasteiger partial charge in [-0.15, -0.1) is 0 Å². The van der Waals surface area contributed by atoms with Gasteiger partial charge in [-0.2, -0.15) is 0 Å². The number of fused-ring (bicyclic) bond motifs is 1. The fourth-order valence-corrected chi connectivity index (χ4v) is 1.79. The summed E-state index contributed by atoms with van der Waals surface area (Å²) in [6.45, 7) is 1.93. The Morgan fingerprint density at radius 1 is 1.62 bits per heavy atom. The first kappa shape index (κ1) is 8.72. The third-order valence-corrected chi connectivity index (χ3v) is 2.63. The van der Waals surface area contributed by atoms with Crippen LogP contribution in [0.15, 0.2) is 29.0 Å². The molecule has 3 nitrogen and oxygen atoms in total. The number of rotatable bonds is 1. The Balaban J connectivity index is 2.75. The van der Waals surface area contributed by atoms with E-state index >= 15 is 0 Å². The predicted octanol–water partition coefficient (Wildman–Crippen LogP) is 2.12. The molecule has 0 radical (unpaired) electrons. The van der Waals surface area contributed by atoms with Crippen molar-refractivity contribution in [2.45, 2.75) is 13.0 Å². The molecule has 13 heavy (non-hydrogen) atoms. The summed E-state index contributed by atoms with van der Waals surface area (Å²) in [7, 11) is 0. The minimum absolute atomic E-state index is 0.0446. The summed E-state index contributed by atoms with van der Waals surface area (Å²) in [5.41, 5.74) is 6.83. The van der Waals surface area contributed by atoms with Gasteiger partial charge in [0.1, 0.15) is 5.82 Å². The molecule has 0 amide bonds. The van der Waals surface area contributed by atoms with Gasteiger partial charge >= 0.3 is 0 Å². The van der Waals surface area contributed by atoms with Crippen LogP contribution in [-0.2, 0) is 0 Å². The number of halogens is 1.